The van der Waals surface area contributed by atoms with E-state index in [4.69, 9.17) is 0 Å². The fraction of sp³-hybridized carbons (Fsp3) is 0.600. The molecule has 2 nitrogen and oxygen atoms in total. The Hall–Kier alpha value is -0.930. The molecule has 2 N–H and O–H groups in total. The maximum atomic E-state index is 13.7. The Morgan fingerprint density at radius 2 is 2.06 bits per heavy atom. The number of rotatable bonds is 6. The smallest absolute Gasteiger partial charge is 0.129 e. The third-order valence-electron chi connectivity index (χ3n) is 3.04. The van der Waals surface area contributed by atoms with Crippen molar-refractivity contribution < 1.29 is 9.50 Å². The van der Waals surface area contributed by atoms with E-state index < -0.39 is 5.60 Å². The summed E-state index contributed by atoms with van der Waals surface area (Å²) in [6, 6.07) is 4.85. The van der Waals surface area contributed by atoms with E-state index in [0.29, 0.717) is 24.4 Å². The second-order valence-electron chi connectivity index (χ2n) is 5.61. The lowest BCUT2D eigenvalue weighted by molar-refractivity contribution is 0.0441. The van der Waals surface area contributed by atoms with Crippen LogP contribution >= 0.6 is 0 Å². The van der Waals surface area contributed by atoms with Crippen LogP contribution in [-0.4, -0.2) is 18.2 Å². The maximum absolute atomic E-state index is 13.7. The highest BCUT2D eigenvalue weighted by molar-refractivity contribution is 5.28. The van der Waals surface area contributed by atoms with Crippen molar-refractivity contribution in [1.82, 2.24) is 5.32 Å². The Morgan fingerprint density at radius 1 is 1.39 bits per heavy atom. The molecule has 0 saturated carbocycles. The van der Waals surface area contributed by atoms with Crippen molar-refractivity contribution in [1.29, 1.82) is 0 Å². The first-order chi connectivity index (χ1) is 8.33. The number of benzene rings is 1. The summed E-state index contributed by atoms with van der Waals surface area (Å²) in [5.41, 5.74) is 0.218. The van der Waals surface area contributed by atoms with E-state index in [1.807, 2.05) is 6.92 Å². The summed E-state index contributed by atoms with van der Waals surface area (Å²) in [5.74, 6) is 0.236. The first-order valence-electron chi connectivity index (χ1n) is 6.52. The molecular weight excluding hydrogens is 229 g/mol. The monoisotopic (exact) mass is 253 g/mol. The van der Waals surface area contributed by atoms with Crippen LogP contribution in [0.3, 0.4) is 0 Å². The minimum atomic E-state index is -1.12. The molecule has 1 aromatic rings. The first kappa shape index (κ1) is 15.1. The third kappa shape index (κ3) is 4.39. The summed E-state index contributed by atoms with van der Waals surface area (Å²) in [6.45, 7) is 9.42. The van der Waals surface area contributed by atoms with Gasteiger partial charge in [-0.05, 0) is 45.3 Å². The zero-order valence-corrected chi connectivity index (χ0v) is 11.8. The topological polar surface area (TPSA) is 32.3 Å². The third-order valence-corrected chi connectivity index (χ3v) is 3.04. The summed E-state index contributed by atoms with van der Waals surface area (Å²) in [5, 5.41) is 13.6. The SMILES string of the molecule is Cc1ccc(F)c(C(C)(O)CCNCC(C)C)c1. The largest absolute Gasteiger partial charge is 0.385 e. The molecule has 18 heavy (non-hydrogen) atoms. The second-order valence-corrected chi connectivity index (χ2v) is 5.61. The predicted molar refractivity (Wildman–Crippen MR) is 73.0 cm³/mol. The van der Waals surface area contributed by atoms with Gasteiger partial charge in [-0.2, -0.15) is 0 Å². The van der Waals surface area contributed by atoms with Gasteiger partial charge in [0.15, 0.2) is 0 Å². The van der Waals surface area contributed by atoms with Crippen LogP contribution in [0.25, 0.3) is 0 Å². The highest BCUT2D eigenvalue weighted by atomic mass is 19.1. The summed E-state index contributed by atoms with van der Waals surface area (Å²) >= 11 is 0. The highest BCUT2D eigenvalue weighted by Crippen LogP contribution is 2.27. The fourth-order valence-corrected chi connectivity index (χ4v) is 1.91. The average molecular weight is 253 g/mol. The minimum absolute atomic E-state index is 0.338. The molecule has 0 bridgehead atoms. The Labute approximate surface area is 109 Å². The van der Waals surface area contributed by atoms with Crippen molar-refractivity contribution in [3.05, 3.63) is 35.1 Å². The molecule has 102 valence electrons. The molecule has 1 unspecified atom stereocenters. The van der Waals surface area contributed by atoms with Crippen molar-refractivity contribution in [2.45, 2.75) is 39.7 Å². The van der Waals surface area contributed by atoms with Crippen molar-refractivity contribution in [2.24, 2.45) is 5.92 Å². The van der Waals surface area contributed by atoms with E-state index in [-0.39, 0.29) is 5.82 Å². The molecule has 0 spiro atoms. The molecule has 1 atom stereocenters. The molecule has 0 radical (unpaired) electrons. The van der Waals surface area contributed by atoms with Gasteiger partial charge >= 0.3 is 0 Å². The molecule has 0 aliphatic carbocycles. The van der Waals surface area contributed by atoms with Crippen LogP contribution in [0.4, 0.5) is 4.39 Å². The summed E-state index contributed by atoms with van der Waals surface area (Å²) < 4.78 is 13.7. The van der Waals surface area contributed by atoms with E-state index in [2.05, 4.69) is 19.2 Å². The lowest BCUT2D eigenvalue weighted by atomic mass is 9.91. The number of aryl methyl sites for hydroxylation is 1. The molecule has 0 aromatic heterocycles. The Morgan fingerprint density at radius 3 is 2.67 bits per heavy atom. The molecule has 0 fully saturated rings. The van der Waals surface area contributed by atoms with E-state index >= 15 is 0 Å². The normalized spacial score (nSPS) is 14.8. The zero-order chi connectivity index (χ0) is 13.8. The van der Waals surface area contributed by atoms with Crippen LogP contribution in [0.2, 0.25) is 0 Å². The van der Waals surface area contributed by atoms with Crippen molar-refractivity contribution >= 4 is 0 Å². The van der Waals surface area contributed by atoms with Crippen LogP contribution in [0.1, 0.15) is 38.3 Å². The average Bonchev–Trinajstić information content (AvgIpc) is 2.27. The molecular formula is C15H24FNO. The lowest BCUT2D eigenvalue weighted by Gasteiger charge is -2.25. The van der Waals surface area contributed by atoms with Gasteiger partial charge in [-0.15, -0.1) is 0 Å². The van der Waals surface area contributed by atoms with Gasteiger partial charge < -0.3 is 10.4 Å². The Kier molecular flexibility index (Phi) is 5.29. The number of nitrogens with one attached hydrogen (secondary N) is 1. The van der Waals surface area contributed by atoms with Gasteiger partial charge in [0.1, 0.15) is 5.82 Å². The zero-order valence-electron chi connectivity index (χ0n) is 11.8. The Balaban J connectivity index is 2.64. The van der Waals surface area contributed by atoms with Gasteiger partial charge in [-0.1, -0.05) is 31.5 Å². The molecule has 0 heterocycles. The standard InChI is InChI=1S/C15H24FNO/c1-11(2)10-17-8-7-15(4,18)13-9-12(3)5-6-14(13)16/h5-6,9,11,17-18H,7-8,10H2,1-4H3. The Bertz CT molecular complexity index is 388. The van der Waals surface area contributed by atoms with Gasteiger partial charge in [0.05, 0.1) is 5.60 Å². The van der Waals surface area contributed by atoms with Crippen molar-refractivity contribution in [3.8, 4) is 0 Å². The van der Waals surface area contributed by atoms with E-state index in [1.54, 1.807) is 19.1 Å². The van der Waals surface area contributed by atoms with Gasteiger partial charge in [0.2, 0.25) is 0 Å². The first-order valence-corrected chi connectivity index (χ1v) is 6.52. The van der Waals surface area contributed by atoms with Crippen LogP contribution < -0.4 is 5.32 Å². The van der Waals surface area contributed by atoms with Crippen LogP contribution in [0.5, 0.6) is 0 Å². The van der Waals surface area contributed by atoms with Gasteiger partial charge in [0.25, 0.3) is 0 Å². The molecule has 1 rings (SSSR count). The number of aliphatic hydroxyl groups is 1. The summed E-state index contributed by atoms with van der Waals surface area (Å²) in [4.78, 5) is 0. The predicted octanol–water partition coefficient (Wildman–Crippen LogP) is 2.98. The number of hydrogen-bond donors (Lipinski definition) is 2. The molecule has 0 amide bonds. The van der Waals surface area contributed by atoms with Crippen LogP contribution in [-0.2, 0) is 5.60 Å². The van der Waals surface area contributed by atoms with Gasteiger partial charge in [-0.3, -0.25) is 0 Å². The van der Waals surface area contributed by atoms with E-state index in [1.165, 1.54) is 6.07 Å². The van der Waals surface area contributed by atoms with Gasteiger partial charge in [0, 0.05) is 5.56 Å². The minimum Gasteiger partial charge on any atom is -0.385 e. The molecule has 0 aliphatic rings. The number of halogens is 1. The highest BCUT2D eigenvalue weighted by Gasteiger charge is 2.26. The molecule has 0 saturated heterocycles. The van der Waals surface area contributed by atoms with Crippen LogP contribution in [0, 0.1) is 18.7 Å². The molecule has 0 aliphatic heterocycles. The van der Waals surface area contributed by atoms with E-state index in [0.717, 1.165) is 12.1 Å². The van der Waals surface area contributed by atoms with E-state index in [9.17, 15) is 9.50 Å². The number of hydrogen-bond acceptors (Lipinski definition) is 2. The van der Waals surface area contributed by atoms with Gasteiger partial charge in [-0.25, -0.2) is 4.39 Å². The fourth-order valence-electron chi connectivity index (χ4n) is 1.91. The molecule has 1 aromatic carbocycles. The van der Waals surface area contributed by atoms with Crippen LogP contribution in [0.15, 0.2) is 18.2 Å². The summed E-state index contributed by atoms with van der Waals surface area (Å²) in [7, 11) is 0. The molecule has 3 heteroatoms. The quantitative estimate of drug-likeness (QED) is 0.764. The lowest BCUT2D eigenvalue weighted by Crippen LogP contribution is -2.30. The van der Waals surface area contributed by atoms with Crippen molar-refractivity contribution in [2.75, 3.05) is 13.1 Å². The summed E-state index contributed by atoms with van der Waals surface area (Å²) in [6.07, 6.45) is 0.500. The maximum Gasteiger partial charge on any atom is 0.129 e. The van der Waals surface area contributed by atoms with Crippen molar-refractivity contribution in [3.63, 3.8) is 0 Å². The second kappa shape index (κ2) is 6.30.